The van der Waals surface area contributed by atoms with Gasteiger partial charge in [0.05, 0.1) is 19.2 Å². The summed E-state index contributed by atoms with van der Waals surface area (Å²) in [4.78, 5) is 13.7. The van der Waals surface area contributed by atoms with Gasteiger partial charge in [0.2, 0.25) is 0 Å². The summed E-state index contributed by atoms with van der Waals surface area (Å²) >= 11 is 0. The van der Waals surface area contributed by atoms with Gasteiger partial charge in [0.1, 0.15) is 0 Å². The number of esters is 1. The van der Waals surface area contributed by atoms with Crippen LogP contribution in [0.15, 0.2) is 24.3 Å². The number of hydrogen-bond acceptors (Lipinski definition) is 4. The maximum atomic E-state index is 11.7. The number of aromatic nitrogens is 2. The Labute approximate surface area is 106 Å². The summed E-state index contributed by atoms with van der Waals surface area (Å²) in [6.07, 6.45) is 0. The quantitative estimate of drug-likeness (QED) is 0.766. The van der Waals surface area contributed by atoms with E-state index in [1.165, 1.54) is 7.11 Å². The number of carbonyl (C=O) groups is 1. The molecule has 96 valence electrons. The van der Waals surface area contributed by atoms with Crippen molar-refractivity contribution in [1.82, 2.24) is 14.7 Å². The molecule has 0 amide bonds. The second-order valence-corrected chi connectivity index (χ2v) is 4.38. The minimum absolute atomic E-state index is 0.381. The molecule has 1 aromatic carbocycles. The van der Waals surface area contributed by atoms with Crippen LogP contribution in [0.2, 0.25) is 0 Å². The molecule has 5 nitrogen and oxygen atoms in total. The van der Waals surface area contributed by atoms with Crippen molar-refractivity contribution in [3.05, 3.63) is 30.0 Å². The number of benzene rings is 1. The van der Waals surface area contributed by atoms with Crippen molar-refractivity contribution in [3.8, 4) is 0 Å². The third kappa shape index (κ3) is 2.36. The number of methoxy groups -OCH3 is 1. The fourth-order valence-corrected chi connectivity index (χ4v) is 1.84. The lowest BCUT2D eigenvalue weighted by atomic mass is 10.2. The lowest BCUT2D eigenvalue weighted by molar-refractivity contribution is 0.0595. The summed E-state index contributed by atoms with van der Waals surface area (Å²) < 4.78 is 6.61. The Hall–Kier alpha value is -1.88. The van der Waals surface area contributed by atoms with Crippen LogP contribution in [0, 0.1) is 0 Å². The van der Waals surface area contributed by atoms with Crippen LogP contribution >= 0.6 is 0 Å². The van der Waals surface area contributed by atoms with Gasteiger partial charge in [-0.2, -0.15) is 5.10 Å². The summed E-state index contributed by atoms with van der Waals surface area (Å²) in [5, 5.41) is 5.18. The van der Waals surface area contributed by atoms with Crippen LogP contribution in [-0.4, -0.2) is 48.4 Å². The average Bonchev–Trinajstić information content (AvgIpc) is 2.74. The van der Waals surface area contributed by atoms with Gasteiger partial charge >= 0.3 is 5.97 Å². The molecule has 1 aromatic heterocycles. The third-order valence-corrected chi connectivity index (χ3v) is 2.80. The molecule has 2 aromatic rings. The minimum Gasteiger partial charge on any atom is -0.464 e. The van der Waals surface area contributed by atoms with Crippen LogP contribution in [-0.2, 0) is 11.3 Å². The van der Waals surface area contributed by atoms with Crippen molar-refractivity contribution in [3.63, 3.8) is 0 Å². The highest BCUT2D eigenvalue weighted by molar-refractivity contribution is 6.02. The predicted molar refractivity (Wildman–Crippen MR) is 69.6 cm³/mol. The Bertz CT molecular complexity index is 560. The first-order valence-corrected chi connectivity index (χ1v) is 5.82. The zero-order chi connectivity index (χ0) is 13.1. The van der Waals surface area contributed by atoms with Crippen molar-refractivity contribution in [2.45, 2.75) is 6.54 Å². The zero-order valence-corrected chi connectivity index (χ0v) is 10.9. The highest BCUT2D eigenvalue weighted by Crippen LogP contribution is 2.18. The van der Waals surface area contributed by atoms with E-state index in [1.54, 1.807) is 0 Å². The number of ether oxygens (including phenoxy) is 1. The molecule has 0 aliphatic carbocycles. The fourth-order valence-electron chi connectivity index (χ4n) is 1.84. The zero-order valence-electron chi connectivity index (χ0n) is 10.9. The van der Waals surface area contributed by atoms with Crippen molar-refractivity contribution in [2.75, 3.05) is 27.7 Å². The predicted octanol–water partition coefficient (Wildman–Crippen LogP) is 1.38. The van der Waals surface area contributed by atoms with Crippen LogP contribution in [0.4, 0.5) is 0 Å². The Kier molecular flexibility index (Phi) is 3.62. The highest BCUT2D eigenvalue weighted by Gasteiger charge is 2.16. The van der Waals surface area contributed by atoms with Gasteiger partial charge in [-0.05, 0) is 20.2 Å². The number of para-hydroxylation sites is 1. The number of fused-ring (bicyclic) bond motifs is 1. The van der Waals surface area contributed by atoms with Crippen LogP contribution in [0.3, 0.4) is 0 Å². The second kappa shape index (κ2) is 5.18. The minimum atomic E-state index is -0.394. The Balaban J connectivity index is 2.44. The van der Waals surface area contributed by atoms with Gasteiger partial charge in [-0.25, -0.2) is 4.79 Å². The second-order valence-electron chi connectivity index (χ2n) is 4.38. The lowest BCUT2D eigenvalue weighted by Gasteiger charge is -2.09. The molecular formula is C13H17N3O2. The molecule has 0 spiro atoms. The van der Waals surface area contributed by atoms with E-state index in [4.69, 9.17) is 4.74 Å². The smallest absolute Gasteiger partial charge is 0.359 e. The van der Waals surface area contributed by atoms with E-state index in [0.29, 0.717) is 5.69 Å². The number of hydrogen-bond donors (Lipinski definition) is 0. The first kappa shape index (κ1) is 12.6. The molecule has 0 radical (unpaired) electrons. The van der Waals surface area contributed by atoms with E-state index in [1.807, 2.05) is 43.0 Å². The van der Waals surface area contributed by atoms with Gasteiger partial charge < -0.3 is 9.64 Å². The van der Waals surface area contributed by atoms with Crippen LogP contribution in [0.1, 0.15) is 10.5 Å². The SMILES string of the molecule is COC(=O)c1nn(CCN(C)C)c2ccccc12. The van der Waals surface area contributed by atoms with Gasteiger partial charge in [-0.3, -0.25) is 4.68 Å². The molecule has 0 aliphatic heterocycles. The monoisotopic (exact) mass is 247 g/mol. The number of carbonyl (C=O) groups excluding carboxylic acids is 1. The van der Waals surface area contributed by atoms with E-state index in [0.717, 1.165) is 24.0 Å². The van der Waals surface area contributed by atoms with Crippen molar-refractivity contribution >= 4 is 16.9 Å². The molecule has 0 fully saturated rings. The summed E-state index contributed by atoms with van der Waals surface area (Å²) in [5.74, 6) is -0.394. The van der Waals surface area contributed by atoms with Gasteiger partial charge in [-0.15, -0.1) is 0 Å². The van der Waals surface area contributed by atoms with Gasteiger partial charge in [0.25, 0.3) is 0 Å². The first-order chi connectivity index (χ1) is 8.63. The maximum absolute atomic E-state index is 11.7. The Morgan fingerprint density at radius 1 is 1.39 bits per heavy atom. The molecule has 0 unspecified atom stereocenters. The van der Waals surface area contributed by atoms with Crippen LogP contribution in [0.5, 0.6) is 0 Å². The molecule has 1 heterocycles. The largest absolute Gasteiger partial charge is 0.464 e. The van der Waals surface area contributed by atoms with Gasteiger partial charge in [0.15, 0.2) is 5.69 Å². The fraction of sp³-hybridized carbons (Fsp3) is 0.385. The standard InChI is InChI=1S/C13H17N3O2/c1-15(2)8-9-16-11-7-5-4-6-10(11)12(14-16)13(17)18-3/h4-7H,8-9H2,1-3H3. The summed E-state index contributed by atoms with van der Waals surface area (Å²) in [5.41, 5.74) is 1.34. The molecular weight excluding hydrogens is 230 g/mol. The van der Waals surface area contributed by atoms with Crippen molar-refractivity contribution in [2.24, 2.45) is 0 Å². The Morgan fingerprint density at radius 3 is 2.78 bits per heavy atom. The molecule has 0 saturated carbocycles. The number of rotatable bonds is 4. The lowest BCUT2D eigenvalue weighted by Crippen LogP contribution is -2.19. The molecule has 5 heteroatoms. The molecule has 2 rings (SSSR count). The Morgan fingerprint density at radius 2 is 2.11 bits per heavy atom. The van der Waals surface area contributed by atoms with Gasteiger partial charge in [0, 0.05) is 11.9 Å². The van der Waals surface area contributed by atoms with Crippen LogP contribution in [0.25, 0.3) is 10.9 Å². The van der Waals surface area contributed by atoms with Gasteiger partial charge in [-0.1, -0.05) is 18.2 Å². The number of likely N-dealkylation sites (N-methyl/N-ethyl adjacent to an activating group) is 1. The number of nitrogens with zero attached hydrogens (tertiary/aromatic N) is 3. The molecule has 0 bridgehead atoms. The van der Waals surface area contributed by atoms with Crippen LogP contribution < -0.4 is 0 Å². The first-order valence-electron chi connectivity index (χ1n) is 5.82. The molecule has 0 N–H and O–H groups in total. The van der Waals surface area contributed by atoms with E-state index in [2.05, 4.69) is 10.00 Å². The molecule has 0 aliphatic rings. The van der Waals surface area contributed by atoms with Crippen molar-refractivity contribution in [1.29, 1.82) is 0 Å². The van der Waals surface area contributed by atoms with E-state index >= 15 is 0 Å². The molecule has 0 atom stereocenters. The van der Waals surface area contributed by atoms with Crippen molar-refractivity contribution < 1.29 is 9.53 Å². The summed E-state index contributed by atoms with van der Waals surface area (Å²) in [6, 6.07) is 7.69. The molecule has 18 heavy (non-hydrogen) atoms. The molecule has 0 saturated heterocycles. The van der Waals surface area contributed by atoms with E-state index in [9.17, 15) is 4.79 Å². The van der Waals surface area contributed by atoms with E-state index in [-0.39, 0.29) is 0 Å². The third-order valence-electron chi connectivity index (χ3n) is 2.80. The van der Waals surface area contributed by atoms with E-state index < -0.39 is 5.97 Å². The maximum Gasteiger partial charge on any atom is 0.359 e. The topological polar surface area (TPSA) is 47.4 Å². The highest BCUT2D eigenvalue weighted by atomic mass is 16.5. The average molecular weight is 247 g/mol. The summed E-state index contributed by atoms with van der Waals surface area (Å²) in [6.45, 7) is 1.61. The normalized spacial score (nSPS) is 11.1. The summed E-state index contributed by atoms with van der Waals surface area (Å²) in [7, 11) is 5.38.